The van der Waals surface area contributed by atoms with Gasteiger partial charge in [-0.2, -0.15) is 5.10 Å². The summed E-state index contributed by atoms with van der Waals surface area (Å²) in [6, 6.07) is 12.8. The number of rotatable bonds is 5. The van der Waals surface area contributed by atoms with Gasteiger partial charge >= 0.3 is 5.97 Å². The molecule has 1 unspecified atom stereocenters. The van der Waals surface area contributed by atoms with Crippen molar-refractivity contribution in [2.45, 2.75) is 33.3 Å². The molecular weight excluding hydrogens is 350 g/mol. The lowest BCUT2D eigenvalue weighted by atomic mass is 10.1. The van der Waals surface area contributed by atoms with Crippen molar-refractivity contribution >= 4 is 5.97 Å². The van der Waals surface area contributed by atoms with Crippen molar-refractivity contribution in [2.24, 2.45) is 0 Å². The molecule has 0 aliphatic rings. The predicted molar refractivity (Wildman–Crippen MR) is 97.6 cm³/mol. The second-order valence-electron chi connectivity index (χ2n) is 6.37. The standard InChI is InChI=1S/C21H20F2N2O2/c1-13-19(14(2)25(24-13)17-7-5-4-6-8-17)12-21(26)27-15(3)18-10-9-16(22)11-20(18)23/h4-11,15H,12H2,1-3H3. The molecule has 0 amide bonds. The maximum absolute atomic E-state index is 13.9. The Bertz CT molecular complexity index is 968. The highest BCUT2D eigenvalue weighted by Gasteiger charge is 2.20. The van der Waals surface area contributed by atoms with Gasteiger partial charge in [-0.1, -0.05) is 18.2 Å². The number of benzene rings is 2. The van der Waals surface area contributed by atoms with Gasteiger partial charge in [0.2, 0.25) is 0 Å². The van der Waals surface area contributed by atoms with Crippen molar-refractivity contribution in [1.82, 2.24) is 9.78 Å². The third-order valence-electron chi connectivity index (χ3n) is 4.47. The number of nitrogens with zero attached hydrogens (tertiary/aromatic N) is 2. The summed E-state index contributed by atoms with van der Waals surface area (Å²) in [5.41, 5.74) is 3.39. The van der Waals surface area contributed by atoms with Gasteiger partial charge in [0.1, 0.15) is 17.7 Å². The minimum atomic E-state index is -0.817. The van der Waals surface area contributed by atoms with E-state index in [4.69, 9.17) is 4.74 Å². The molecule has 2 aromatic carbocycles. The predicted octanol–water partition coefficient (Wildman–Crippen LogP) is 4.61. The molecule has 1 aromatic heterocycles. The molecule has 6 heteroatoms. The number of aryl methyl sites for hydroxylation is 1. The van der Waals surface area contributed by atoms with Crippen LogP contribution >= 0.6 is 0 Å². The van der Waals surface area contributed by atoms with Gasteiger partial charge in [0.05, 0.1) is 17.8 Å². The van der Waals surface area contributed by atoms with Crippen LogP contribution < -0.4 is 0 Å². The van der Waals surface area contributed by atoms with Crippen LogP contribution in [0.25, 0.3) is 5.69 Å². The number of carbonyl (C=O) groups is 1. The largest absolute Gasteiger partial charge is 0.457 e. The minimum absolute atomic E-state index is 0.0255. The smallest absolute Gasteiger partial charge is 0.311 e. The first-order valence-electron chi connectivity index (χ1n) is 8.61. The fourth-order valence-corrected chi connectivity index (χ4v) is 3.03. The highest BCUT2D eigenvalue weighted by atomic mass is 19.1. The normalized spacial score (nSPS) is 12.0. The summed E-state index contributed by atoms with van der Waals surface area (Å²) in [7, 11) is 0. The Hall–Kier alpha value is -3.02. The molecule has 1 heterocycles. The van der Waals surface area contributed by atoms with Gasteiger partial charge in [-0.3, -0.25) is 4.79 Å². The van der Waals surface area contributed by atoms with Crippen LogP contribution in [0.15, 0.2) is 48.5 Å². The molecule has 140 valence electrons. The number of halogens is 2. The van der Waals surface area contributed by atoms with Crippen LogP contribution in [0.4, 0.5) is 8.78 Å². The van der Waals surface area contributed by atoms with E-state index in [0.717, 1.165) is 34.8 Å². The number of hydrogen-bond donors (Lipinski definition) is 0. The van der Waals surface area contributed by atoms with E-state index in [1.165, 1.54) is 6.07 Å². The van der Waals surface area contributed by atoms with Crippen LogP contribution in [0.5, 0.6) is 0 Å². The SMILES string of the molecule is Cc1nn(-c2ccccc2)c(C)c1CC(=O)OC(C)c1ccc(F)cc1F. The van der Waals surface area contributed by atoms with E-state index in [1.54, 1.807) is 11.6 Å². The first-order valence-corrected chi connectivity index (χ1v) is 8.61. The third-order valence-corrected chi connectivity index (χ3v) is 4.47. The maximum Gasteiger partial charge on any atom is 0.311 e. The molecule has 4 nitrogen and oxygen atoms in total. The highest BCUT2D eigenvalue weighted by Crippen LogP contribution is 2.23. The summed E-state index contributed by atoms with van der Waals surface area (Å²) in [5.74, 6) is -1.90. The lowest BCUT2D eigenvalue weighted by Crippen LogP contribution is -2.13. The number of aromatic nitrogens is 2. The number of esters is 1. The Kier molecular flexibility index (Phi) is 5.35. The molecule has 3 rings (SSSR count). The molecule has 27 heavy (non-hydrogen) atoms. The van der Waals surface area contributed by atoms with Crippen LogP contribution in [-0.4, -0.2) is 15.7 Å². The Morgan fingerprint density at radius 1 is 1.15 bits per heavy atom. The number of hydrogen-bond acceptors (Lipinski definition) is 3. The topological polar surface area (TPSA) is 44.1 Å². The average Bonchev–Trinajstić information content (AvgIpc) is 2.90. The fraction of sp³-hybridized carbons (Fsp3) is 0.238. The summed E-state index contributed by atoms with van der Waals surface area (Å²) in [6.07, 6.45) is -0.791. The van der Waals surface area contributed by atoms with E-state index in [2.05, 4.69) is 5.10 Å². The van der Waals surface area contributed by atoms with Crippen LogP contribution in [0.1, 0.15) is 35.5 Å². The molecule has 0 fully saturated rings. The van der Waals surface area contributed by atoms with Crippen molar-refractivity contribution in [1.29, 1.82) is 0 Å². The van der Waals surface area contributed by atoms with Crippen LogP contribution in [0.3, 0.4) is 0 Å². The zero-order chi connectivity index (χ0) is 19.6. The van der Waals surface area contributed by atoms with Gasteiger partial charge < -0.3 is 4.74 Å². The van der Waals surface area contributed by atoms with Crippen LogP contribution in [0.2, 0.25) is 0 Å². The molecule has 0 aliphatic heterocycles. The Balaban J connectivity index is 1.75. The quantitative estimate of drug-likeness (QED) is 0.616. The number of para-hydroxylation sites is 1. The van der Waals surface area contributed by atoms with Crippen LogP contribution in [-0.2, 0) is 16.0 Å². The molecule has 0 spiro atoms. The van der Waals surface area contributed by atoms with Crippen LogP contribution in [0, 0.1) is 25.5 Å². The second-order valence-corrected chi connectivity index (χ2v) is 6.37. The summed E-state index contributed by atoms with van der Waals surface area (Å²) in [6.45, 7) is 5.28. The molecule has 0 saturated heterocycles. The van der Waals surface area contributed by atoms with Gasteiger partial charge in [-0.25, -0.2) is 13.5 Å². The average molecular weight is 370 g/mol. The minimum Gasteiger partial charge on any atom is -0.457 e. The lowest BCUT2D eigenvalue weighted by molar-refractivity contribution is -0.147. The van der Waals surface area contributed by atoms with Crippen molar-refractivity contribution in [3.63, 3.8) is 0 Å². The maximum atomic E-state index is 13.9. The third kappa shape index (κ3) is 4.05. The van der Waals surface area contributed by atoms with E-state index in [0.29, 0.717) is 0 Å². The molecule has 0 saturated carbocycles. The molecule has 3 aromatic rings. The van der Waals surface area contributed by atoms with E-state index in [-0.39, 0.29) is 12.0 Å². The summed E-state index contributed by atoms with van der Waals surface area (Å²) in [5, 5.41) is 4.50. The Labute approximate surface area is 156 Å². The van der Waals surface area contributed by atoms with Gasteiger partial charge in [0.25, 0.3) is 0 Å². The monoisotopic (exact) mass is 370 g/mol. The Morgan fingerprint density at radius 3 is 2.52 bits per heavy atom. The molecule has 0 bridgehead atoms. The first-order chi connectivity index (χ1) is 12.9. The molecule has 0 radical (unpaired) electrons. The summed E-state index contributed by atoms with van der Waals surface area (Å²) < 4.78 is 34.0. The summed E-state index contributed by atoms with van der Waals surface area (Å²) in [4.78, 5) is 12.4. The number of carbonyl (C=O) groups excluding carboxylic acids is 1. The zero-order valence-corrected chi connectivity index (χ0v) is 15.4. The van der Waals surface area contributed by atoms with E-state index in [9.17, 15) is 13.6 Å². The lowest BCUT2D eigenvalue weighted by Gasteiger charge is -2.14. The molecule has 0 aliphatic carbocycles. The van der Waals surface area contributed by atoms with Gasteiger partial charge in [-0.05, 0) is 45.0 Å². The van der Waals surface area contributed by atoms with E-state index >= 15 is 0 Å². The second kappa shape index (κ2) is 7.70. The zero-order valence-electron chi connectivity index (χ0n) is 15.4. The first kappa shape index (κ1) is 18.8. The molecule has 1 atom stereocenters. The van der Waals surface area contributed by atoms with Crippen molar-refractivity contribution in [3.8, 4) is 5.69 Å². The van der Waals surface area contributed by atoms with Gasteiger partial charge in [0, 0.05) is 22.9 Å². The van der Waals surface area contributed by atoms with E-state index < -0.39 is 23.7 Å². The van der Waals surface area contributed by atoms with Gasteiger partial charge in [-0.15, -0.1) is 0 Å². The van der Waals surface area contributed by atoms with Crippen molar-refractivity contribution in [2.75, 3.05) is 0 Å². The van der Waals surface area contributed by atoms with Gasteiger partial charge in [0.15, 0.2) is 0 Å². The highest BCUT2D eigenvalue weighted by molar-refractivity contribution is 5.73. The number of ether oxygens (including phenoxy) is 1. The summed E-state index contributed by atoms with van der Waals surface area (Å²) >= 11 is 0. The van der Waals surface area contributed by atoms with Crippen molar-refractivity contribution < 1.29 is 18.3 Å². The van der Waals surface area contributed by atoms with E-state index in [1.807, 2.05) is 44.2 Å². The molecular formula is C21H20F2N2O2. The fourth-order valence-electron chi connectivity index (χ4n) is 3.03. The van der Waals surface area contributed by atoms with Crippen molar-refractivity contribution in [3.05, 3.63) is 82.7 Å². The Morgan fingerprint density at radius 2 is 1.85 bits per heavy atom. The molecule has 0 N–H and O–H groups in total.